The number of ketones is 1. The average molecular weight is 316 g/mol. The van der Waals surface area contributed by atoms with Gasteiger partial charge in [-0.3, -0.25) is 14.6 Å². The van der Waals surface area contributed by atoms with Crippen LogP contribution in [0.15, 0.2) is 85.2 Å². The Morgan fingerprint density at radius 3 is 1.96 bits per heavy atom. The van der Waals surface area contributed by atoms with Crippen LogP contribution in [0.5, 0.6) is 0 Å². The molecule has 3 aromatic rings. The summed E-state index contributed by atoms with van der Waals surface area (Å²) in [5.74, 6) is -0.459. The highest BCUT2D eigenvalue weighted by Crippen LogP contribution is 2.19. The van der Waals surface area contributed by atoms with Gasteiger partial charge in [-0.25, -0.2) is 0 Å². The van der Waals surface area contributed by atoms with Gasteiger partial charge in [0, 0.05) is 23.5 Å². The lowest BCUT2D eigenvalue weighted by Crippen LogP contribution is -2.34. The maximum Gasteiger partial charge on any atom is 0.252 e. The third-order valence-electron chi connectivity index (χ3n) is 3.67. The molecule has 1 amide bonds. The van der Waals surface area contributed by atoms with Gasteiger partial charge < -0.3 is 5.32 Å². The van der Waals surface area contributed by atoms with Crippen LogP contribution in [0.1, 0.15) is 32.3 Å². The number of Topliss-reactive ketones (excluding diaryl/α,β-unsaturated/α-hetero) is 1. The van der Waals surface area contributed by atoms with Crippen LogP contribution >= 0.6 is 0 Å². The number of carbonyl (C=O) groups excluding carboxylic acids is 2. The van der Waals surface area contributed by atoms with E-state index in [0.29, 0.717) is 11.1 Å². The van der Waals surface area contributed by atoms with E-state index < -0.39 is 6.04 Å². The number of amides is 1. The molecule has 0 bridgehead atoms. The van der Waals surface area contributed by atoms with E-state index >= 15 is 0 Å². The van der Waals surface area contributed by atoms with Crippen LogP contribution in [0.3, 0.4) is 0 Å². The zero-order valence-corrected chi connectivity index (χ0v) is 12.9. The van der Waals surface area contributed by atoms with Crippen molar-refractivity contribution >= 4 is 11.7 Å². The van der Waals surface area contributed by atoms with Crippen LogP contribution in [0.4, 0.5) is 0 Å². The molecule has 0 aliphatic heterocycles. The Morgan fingerprint density at radius 2 is 1.33 bits per heavy atom. The third kappa shape index (κ3) is 3.55. The van der Waals surface area contributed by atoms with Gasteiger partial charge in [-0.05, 0) is 29.8 Å². The summed E-state index contributed by atoms with van der Waals surface area (Å²) in [4.78, 5) is 29.3. The van der Waals surface area contributed by atoms with E-state index in [0.717, 1.165) is 5.56 Å². The molecule has 1 N–H and O–H groups in total. The van der Waals surface area contributed by atoms with Gasteiger partial charge >= 0.3 is 0 Å². The minimum atomic E-state index is -0.749. The topological polar surface area (TPSA) is 59.1 Å². The molecule has 2 aromatic carbocycles. The van der Waals surface area contributed by atoms with E-state index in [1.54, 1.807) is 48.8 Å². The van der Waals surface area contributed by atoms with Gasteiger partial charge in [0.2, 0.25) is 0 Å². The SMILES string of the molecule is O=C(NC(C(=O)c1ccncc1)c1ccccc1)c1ccccc1. The van der Waals surface area contributed by atoms with E-state index in [-0.39, 0.29) is 11.7 Å². The van der Waals surface area contributed by atoms with Crippen LogP contribution in [0, 0.1) is 0 Å². The fourth-order valence-corrected chi connectivity index (χ4v) is 2.43. The van der Waals surface area contributed by atoms with Gasteiger partial charge in [0.15, 0.2) is 5.78 Å². The summed E-state index contributed by atoms with van der Waals surface area (Å²) in [5.41, 5.74) is 1.76. The van der Waals surface area contributed by atoms with Crippen molar-refractivity contribution in [3.63, 3.8) is 0 Å². The summed E-state index contributed by atoms with van der Waals surface area (Å²) in [6.07, 6.45) is 3.13. The highest BCUT2D eigenvalue weighted by Gasteiger charge is 2.24. The Balaban J connectivity index is 1.91. The Morgan fingerprint density at radius 1 is 0.750 bits per heavy atom. The average Bonchev–Trinajstić information content (AvgIpc) is 2.67. The maximum atomic E-state index is 12.9. The first-order chi connectivity index (χ1) is 11.8. The summed E-state index contributed by atoms with van der Waals surface area (Å²) < 4.78 is 0. The molecular formula is C20H16N2O2. The van der Waals surface area contributed by atoms with E-state index in [4.69, 9.17) is 0 Å². The van der Waals surface area contributed by atoms with Crippen LogP contribution in [0.2, 0.25) is 0 Å². The van der Waals surface area contributed by atoms with Crippen molar-refractivity contribution in [2.75, 3.05) is 0 Å². The van der Waals surface area contributed by atoms with Gasteiger partial charge in [0.25, 0.3) is 5.91 Å². The molecule has 24 heavy (non-hydrogen) atoms. The lowest BCUT2D eigenvalue weighted by atomic mass is 9.97. The molecule has 0 saturated carbocycles. The Kier molecular flexibility index (Phi) is 4.77. The van der Waals surface area contributed by atoms with Crippen molar-refractivity contribution in [2.24, 2.45) is 0 Å². The van der Waals surface area contributed by atoms with Crippen molar-refractivity contribution in [3.8, 4) is 0 Å². The quantitative estimate of drug-likeness (QED) is 0.734. The van der Waals surface area contributed by atoms with Crippen molar-refractivity contribution in [1.82, 2.24) is 10.3 Å². The van der Waals surface area contributed by atoms with Crippen molar-refractivity contribution < 1.29 is 9.59 Å². The van der Waals surface area contributed by atoms with E-state index in [9.17, 15) is 9.59 Å². The first kappa shape index (κ1) is 15.6. The lowest BCUT2D eigenvalue weighted by Gasteiger charge is -2.18. The molecule has 0 fully saturated rings. The van der Waals surface area contributed by atoms with Crippen LogP contribution in [-0.4, -0.2) is 16.7 Å². The zero-order valence-electron chi connectivity index (χ0n) is 12.9. The smallest absolute Gasteiger partial charge is 0.252 e. The van der Waals surface area contributed by atoms with Gasteiger partial charge in [-0.2, -0.15) is 0 Å². The van der Waals surface area contributed by atoms with E-state index in [2.05, 4.69) is 10.3 Å². The summed E-state index contributed by atoms with van der Waals surface area (Å²) in [7, 11) is 0. The van der Waals surface area contributed by atoms with Crippen molar-refractivity contribution in [1.29, 1.82) is 0 Å². The fourth-order valence-electron chi connectivity index (χ4n) is 2.43. The van der Waals surface area contributed by atoms with Gasteiger partial charge in [-0.15, -0.1) is 0 Å². The lowest BCUT2D eigenvalue weighted by molar-refractivity contribution is 0.0857. The molecule has 0 aliphatic rings. The molecular weight excluding hydrogens is 300 g/mol. The number of carbonyl (C=O) groups is 2. The first-order valence-electron chi connectivity index (χ1n) is 7.61. The van der Waals surface area contributed by atoms with Crippen molar-refractivity contribution in [3.05, 3.63) is 102 Å². The second kappa shape index (κ2) is 7.33. The normalized spacial score (nSPS) is 11.5. The number of nitrogens with one attached hydrogen (secondary N) is 1. The summed E-state index contributed by atoms with van der Waals surface area (Å²) in [5, 5.41) is 2.84. The summed E-state index contributed by atoms with van der Waals surface area (Å²) >= 11 is 0. The molecule has 3 rings (SSSR count). The van der Waals surface area contributed by atoms with E-state index in [1.807, 2.05) is 36.4 Å². The number of rotatable bonds is 5. The maximum absolute atomic E-state index is 12.9. The minimum absolute atomic E-state index is 0.173. The molecule has 1 unspecified atom stereocenters. The van der Waals surface area contributed by atoms with Crippen molar-refractivity contribution in [2.45, 2.75) is 6.04 Å². The predicted octanol–water partition coefficient (Wildman–Crippen LogP) is 3.44. The molecule has 1 aromatic heterocycles. The monoisotopic (exact) mass is 316 g/mol. The number of hydrogen-bond acceptors (Lipinski definition) is 3. The minimum Gasteiger partial charge on any atom is -0.338 e. The highest BCUT2D eigenvalue weighted by molar-refractivity contribution is 6.04. The molecule has 0 aliphatic carbocycles. The number of hydrogen-bond donors (Lipinski definition) is 1. The second-order valence-electron chi connectivity index (χ2n) is 5.28. The Hall–Kier alpha value is -3.27. The first-order valence-corrected chi connectivity index (χ1v) is 7.61. The summed E-state index contributed by atoms with van der Waals surface area (Å²) in [6, 6.07) is 20.6. The number of aromatic nitrogens is 1. The van der Waals surface area contributed by atoms with E-state index in [1.165, 1.54) is 0 Å². The molecule has 0 spiro atoms. The largest absolute Gasteiger partial charge is 0.338 e. The molecule has 0 radical (unpaired) electrons. The van der Waals surface area contributed by atoms with Gasteiger partial charge in [-0.1, -0.05) is 48.5 Å². The van der Waals surface area contributed by atoms with Crippen LogP contribution in [0.25, 0.3) is 0 Å². The van der Waals surface area contributed by atoms with Gasteiger partial charge in [0.05, 0.1) is 0 Å². The standard InChI is InChI=1S/C20H16N2O2/c23-19(16-11-13-21-14-12-16)18(15-7-3-1-4-8-15)22-20(24)17-9-5-2-6-10-17/h1-14,18H,(H,22,24). The fraction of sp³-hybridized carbons (Fsp3) is 0.0500. The third-order valence-corrected chi connectivity index (χ3v) is 3.67. The number of nitrogens with zero attached hydrogens (tertiary/aromatic N) is 1. The zero-order chi connectivity index (χ0) is 16.8. The number of benzene rings is 2. The summed E-state index contributed by atoms with van der Waals surface area (Å²) in [6.45, 7) is 0. The molecule has 1 atom stereocenters. The molecule has 4 heteroatoms. The highest BCUT2D eigenvalue weighted by atomic mass is 16.2. The predicted molar refractivity (Wildman–Crippen MR) is 91.7 cm³/mol. The molecule has 118 valence electrons. The molecule has 1 heterocycles. The molecule has 0 saturated heterocycles. The van der Waals surface area contributed by atoms with Crippen LogP contribution < -0.4 is 5.32 Å². The molecule has 4 nitrogen and oxygen atoms in total. The second-order valence-corrected chi connectivity index (χ2v) is 5.28. The van der Waals surface area contributed by atoms with Gasteiger partial charge in [0.1, 0.15) is 6.04 Å². The number of pyridine rings is 1. The Labute approximate surface area is 140 Å². The van der Waals surface area contributed by atoms with Crippen LogP contribution in [-0.2, 0) is 0 Å². The Bertz CT molecular complexity index is 818.